The monoisotopic (exact) mass is 1820 g/mol. The fraction of sp³-hybridized carbons (Fsp3) is 0.596. The van der Waals surface area contributed by atoms with Gasteiger partial charge in [-0.1, -0.05) is 82.4 Å². The van der Waals surface area contributed by atoms with Crippen molar-refractivity contribution in [3.05, 3.63) is 125 Å². The van der Waals surface area contributed by atoms with Crippen molar-refractivity contribution in [3.8, 4) is 11.3 Å². The number of nitrogen functional groups attached to an aromatic ring is 2. The van der Waals surface area contributed by atoms with Crippen molar-refractivity contribution in [1.29, 1.82) is 0 Å². The Kier molecular flexibility index (Phi) is 35.4. The number of ketones is 2. The molecule has 1 aliphatic carbocycles. The third-order valence-electron chi connectivity index (χ3n) is 26.1. The molecule has 0 unspecified atom stereocenters. The standard InChI is InChI=1S/C94H131N17O20/c1-56-16-12-11-13-17-57(2)74(123-8)46-68-24-19-61(6)94(122,131-68)86(118)89(119)110-30-15-14-18-71(110)90(120)128-76(47-75(124-9)58(3)41-60(5)84(116)85(117)83(115)59(4)40-56)69(95)43-62-21-25-73(77(44-62)125-10)130-93(121)101-50-64-48-99-92(100-49-64)108-34-32-107(33-35-108)80(114)54-106(7)53-78(112)98-29-37-127-39-38-126-36-28-79(113)109-31-27-65-42-63(20-22-67(65)52-109)51-111-88-81(87(96)102-55-103-88)82(105-111)66-23-26-72-70(45-66)104-91(97)129-72/h11-13,16-17,20,22-23,26,41-42,45,48-49,55-56,58-59,61-62,68-69,71,73-77,84-85,116-117,122H,14-15,18-19,21,24-25,27-40,43-44,46-47,50-54,95H2,1-10H3,(H2,97,104)(H,98,112)(H,101,121)(H2,96,102,103)/b13-11?,16-12+,57-17?,60-41+/t56-,58-,59-,61-,62+,68+,69-,71+,73-,74+,75-,76+,77-,84-,85+,94-/m1/s1. The van der Waals surface area contributed by atoms with E-state index < -0.39 is 114 Å². The van der Waals surface area contributed by atoms with E-state index >= 15 is 0 Å². The van der Waals surface area contributed by atoms with Crippen LogP contribution in [0.15, 0.2) is 107 Å². The molecule has 6 aromatic rings. The maximum Gasteiger partial charge on any atom is 0.407 e. The predicted molar refractivity (Wildman–Crippen MR) is 485 cm³/mol. The second-order valence-electron chi connectivity index (χ2n) is 35.8. The lowest BCUT2D eigenvalue weighted by Crippen LogP contribution is -2.61. The van der Waals surface area contributed by atoms with Gasteiger partial charge in [-0.05, 0) is 149 Å². The van der Waals surface area contributed by atoms with E-state index in [9.17, 15) is 53.7 Å². The number of alkyl carbamates (subject to hydrolysis) is 1. The van der Waals surface area contributed by atoms with Crippen molar-refractivity contribution in [2.75, 3.05) is 130 Å². The Morgan fingerprint density at radius 1 is 0.733 bits per heavy atom. The number of esters is 1. The number of aliphatic hydroxyl groups excluding tert-OH is 2. The molecule has 37 heteroatoms. The van der Waals surface area contributed by atoms with Crippen LogP contribution >= 0.6 is 0 Å². The number of carbonyl (C=O) groups is 8. The first-order valence-electron chi connectivity index (χ1n) is 45.7. The zero-order valence-corrected chi connectivity index (χ0v) is 76.9. The summed E-state index contributed by atoms with van der Waals surface area (Å²) in [7, 11) is 6.29. The number of nitrogens with two attached hydrogens (primary N) is 3. The summed E-state index contributed by atoms with van der Waals surface area (Å²) < 4.78 is 55.3. The van der Waals surface area contributed by atoms with Crippen molar-refractivity contribution < 1.29 is 96.0 Å². The second kappa shape index (κ2) is 46.7. The van der Waals surface area contributed by atoms with E-state index in [4.69, 9.17) is 64.6 Å². The number of nitrogens with one attached hydrogen (secondary N) is 2. The van der Waals surface area contributed by atoms with Crippen LogP contribution < -0.4 is 32.7 Å². The fourth-order valence-corrected chi connectivity index (χ4v) is 18.5. The molecule has 9 heterocycles. The highest BCUT2D eigenvalue weighted by Crippen LogP contribution is 2.40. The van der Waals surface area contributed by atoms with Crippen LogP contribution in [0.5, 0.6) is 0 Å². The summed E-state index contributed by atoms with van der Waals surface area (Å²) in [5.74, 6) is -7.75. The Hall–Kier alpha value is -10.6. The molecule has 2 bridgehead atoms. The SMILES string of the molecule is CO[C@H]1C[C@@H]2CC[C@@H](C)[C@@](O)(O2)C(=O)C(=O)N2CCCC[C@H]2C(=O)O[C@H]([C@H](N)C[C@@H]2CC[C@@H](OC(=O)NCc3cnc(N4CCN(C(=O)CN(C)CC(=O)NCCOCCOCCC(=O)N5CCc6cc(Cn7nc(-c8ccc9oc(N)nc9c8)c8c(N)ncnc87)ccc6C5)CC4)nc3)[C@H](OC)C2)C[C@@H](OC)[C@H](C)/C=C(\C)[C@@H](O)[C@@H](O)C(=O)[C@H](C)C[C@H](C)/C=C/C=CC=C1C. The van der Waals surface area contributed by atoms with Gasteiger partial charge in [0.25, 0.3) is 17.7 Å². The summed E-state index contributed by atoms with van der Waals surface area (Å²) in [6.45, 7) is 15.4. The van der Waals surface area contributed by atoms with Gasteiger partial charge in [0, 0.05) is 140 Å². The van der Waals surface area contributed by atoms with Gasteiger partial charge in [0.1, 0.15) is 53.8 Å². The van der Waals surface area contributed by atoms with Crippen LogP contribution in [0.25, 0.3) is 33.4 Å². The van der Waals surface area contributed by atoms with Gasteiger partial charge in [0.15, 0.2) is 17.0 Å². The molecule has 12 rings (SSSR count). The summed E-state index contributed by atoms with van der Waals surface area (Å²) in [6.07, 6.45) is 13.0. The first-order valence-corrected chi connectivity index (χ1v) is 45.7. The number of likely N-dealkylation sites (N-methyl/N-ethyl adjacent to an activating group) is 1. The molecular weight excluding hydrogens is 1690 g/mol. The average molecular weight is 1820 g/mol. The number of nitrogens with zero attached hydrogens (tertiary/aromatic N) is 12. The number of aliphatic hydroxyl groups is 3. The van der Waals surface area contributed by atoms with E-state index in [-0.39, 0.29) is 120 Å². The molecule has 3 saturated heterocycles. The van der Waals surface area contributed by atoms with Crippen LogP contribution in [0.4, 0.5) is 22.6 Å². The molecule has 16 atom stereocenters. The Morgan fingerprint density at radius 2 is 1.50 bits per heavy atom. The number of oxazole rings is 1. The largest absolute Gasteiger partial charge is 0.459 e. The van der Waals surface area contributed by atoms with Gasteiger partial charge < -0.3 is 105 Å². The Balaban J connectivity index is 0.546. The number of rotatable bonds is 26. The number of hydrogen-bond acceptors (Lipinski definition) is 31. The van der Waals surface area contributed by atoms with Crippen molar-refractivity contribution in [2.45, 2.75) is 218 Å². The normalized spacial score (nSPS) is 27.1. The zero-order valence-electron chi connectivity index (χ0n) is 76.9. The topological polar surface area (TPSA) is 485 Å². The van der Waals surface area contributed by atoms with Crippen molar-refractivity contribution in [2.24, 2.45) is 35.3 Å². The van der Waals surface area contributed by atoms with E-state index in [1.165, 1.54) is 25.4 Å². The number of cyclic esters (lactones) is 1. The number of piperidine rings is 1. The maximum absolute atomic E-state index is 14.9. The lowest BCUT2D eigenvalue weighted by Gasteiger charge is -2.43. The lowest BCUT2D eigenvalue weighted by molar-refractivity contribution is -0.265. The Bertz CT molecular complexity index is 5050. The predicted octanol–water partition coefficient (Wildman–Crippen LogP) is 6.25. The number of aromatic nitrogens is 7. The first kappa shape index (κ1) is 99.4. The molecule has 4 fully saturated rings. The smallest absolute Gasteiger partial charge is 0.407 e. The molecule has 11 N–H and O–H groups in total. The van der Waals surface area contributed by atoms with E-state index in [0.29, 0.717) is 161 Å². The number of methoxy groups -OCH3 is 3. The molecule has 712 valence electrons. The molecule has 2 aromatic carbocycles. The summed E-state index contributed by atoms with van der Waals surface area (Å²) in [6, 6.07) is 9.75. The number of Topliss-reactive ketones (excluding diaryl/α,β-unsaturated/α-hetero) is 2. The van der Waals surface area contributed by atoms with Crippen LogP contribution in [0.1, 0.15) is 147 Å². The number of benzene rings is 2. The van der Waals surface area contributed by atoms with Crippen LogP contribution in [0.3, 0.4) is 0 Å². The second-order valence-corrected chi connectivity index (χ2v) is 35.8. The van der Waals surface area contributed by atoms with Gasteiger partial charge in [-0.2, -0.15) is 10.1 Å². The minimum absolute atomic E-state index is 0.0000644. The summed E-state index contributed by atoms with van der Waals surface area (Å²) >= 11 is 0. The summed E-state index contributed by atoms with van der Waals surface area (Å²) in [5.41, 5.74) is 27.5. The van der Waals surface area contributed by atoms with Crippen molar-refractivity contribution in [1.82, 2.24) is 64.9 Å². The molecule has 4 aromatic heterocycles. The Morgan fingerprint density at radius 3 is 2.25 bits per heavy atom. The van der Waals surface area contributed by atoms with E-state index in [2.05, 4.69) is 47.7 Å². The highest BCUT2D eigenvalue weighted by molar-refractivity contribution is 6.39. The molecule has 0 spiro atoms. The summed E-state index contributed by atoms with van der Waals surface area (Å²) in [4.78, 5) is 141. The van der Waals surface area contributed by atoms with Crippen molar-refractivity contribution in [3.63, 3.8) is 0 Å². The molecule has 5 amide bonds. The summed E-state index contributed by atoms with van der Waals surface area (Å²) in [5, 5.41) is 46.2. The quantitative estimate of drug-likeness (QED) is 0.0129. The minimum atomic E-state index is -2.50. The van der Waals surface area contributed by atoms with Gasteiger partial charge >= 0.3 is 12.1 Å². The van der Waals surface area contributed by atoms with Gasteiger partial charge in [-0.3, -0.25) is 33.7 Å². The first-order chi connectivity index (χ1) is 62.9. The zero-order chi connectivity index (χ0) is 93.7. The fourth-order valence-electron chi connectivity index (χ4n) is 18.5. The number of anilines is 3. The molecule has 0 radical (unpaired) electrons. The lowest BCUT2D eigenvalue weighted by atomic mass is 9.80. The highest BCUT2D eigenvalue weighted by atomic mass is 16.6. The number of piperazine rings is 1. The number of carbonyl (C=O) groups excluding carboxylic acids is 8. The van der Waals surface area contributed by atoms with Crippen LogP contribution in [0, 0.1) is 29.6 Å². The molecule has 5 aliphatic heterocycles. The van der Waals surface area contributed by atoms with Gasteiger partial charge in [0.05, 0.1) is 82.3 Å². The van der Waals surface area contributed by atoms with E-state index in [1.807, 2.05) is 83.8 Å². The number of hydrogen-bond donors (Lipinski definition) is 8. The number of ether oxygens (including phenoxy) is 8. The van der Waals surface area contributed by atoms with E-state index in [1.54, 1.807) is 69.3 Å². The van der Waals surface area contributed by atoms with Gasteiger partial charge in [0.2, 0.25) is 29.5 Å². The third kappa shape index (κ3) is 26.0. The van der Waals surface area contributed by atoms with Gasteiger partial charge in [-0.25, -0.2) is 34.2 Å². The van der Waals surface area contributed by atoms with Crippen molar-refractivity contribution >= 4 is 87.2 Å². The number of allylic oxidation sites excluding steroid dienone is 5. The highest BCUT2D eigenvalue weighted by Gasteiger charge is 2.53. The molecule has 1 saturated carbocycles. The number of amides is 5. The van der Waals surface area contributed by atoms with Crippen LogP contribution in [0.2, 0.25) is 0 Å². The number of fused-ring (bicyclic) bond motifs is 6. The molecule has 37 nitrogen and oxygen atoms in total. The van der Waals surface area contributed by atoms with E-state index in [0.717, 1.165) is 27.8 Å². The maximum atomic E-state index is 14.9. The van der Waals surface area contributed by atoms with Gasteiger partial charge in [-0.15, -0.1) is 0 Å². The molecule has 6 aliphatic rings. The third-order valence-corrected chi connectivity index (χ3v) is 26.1. The average Bonchev–Trinajstić information content (AvgIpc) is 1.56. The Labute approximate surface area is 763 Å². The minimum Gasteiger partial charge on any atom is -0.459 e. The molecular formula is C94H131N17O20. The van der Waals surface area contributed by atoms with Crippen LogP contribution in [-0.2, 0) is 97.5 Å². The molecule has 131 heavy (non-hydrogen) atoms. The van der Waals surface area contributed by atoms with Crippen LogP contribution in [-0.4, -0.2) is 297 Å².